The predicted molar refractivity (Wildman–Crippen MR) is 80.7 cm³/mol. The van der Waals surface area contributed by atoms with E-state index in [-0.39, 0.29) is 22.9 Å². The highest BCUT2D eigenvalue weighted by molar-refractivity contribution is 7.99. The van der Waals surface area contributed by atoms with Gasteiger partial charge in [0.2, 0.25) is 5.91 Å². The number of halogens is 3. The molecule has 0 spiro atoms. The smallest absolute Gasteiger partial charge is 0.370 e. The van der Waals surface area contributed by atoms with E-state index < -0.39 is 28.3 Å². The van der Waals surface area contributed by atoms with Crippen molar-refractivity contribution in [1.29, 1.82) is 0 Å². The van der Waals surface area contributed by atoms with Crippen molar-refractivity contribution in [2.24, 2.45) is 12.8 Å². The SMILES string of the molecule is Cn1c(CCC(N)=O)nnc1Sc1ccc(C(F)(F)F)cc1[N+](=O)[O-]. The van der Waals surface area contributed by atoms with Gasteiger partial charge in [-0.15, -0.1) is 10.2 Å². The molecular formula is C13H12F3N5O3S. The molecule has 8 nitrogen and oxygen atoms in total. The summed E-state index contributed by atoms with van der Waals surface area (Å²) in [4.78, 5) is 21.0. The number of alkyl halides is 3. The molecule has 0 atom stereocenters. The van der Waals surface area contributed by atoms with E-state index in [1.54, 1.807) is 7.05 Å². The Morgan fingerprint density at radius 1 is 1.40 bits per heavy atom. The van der Waals surface area contributed by atoms with Crippen molar-refractivity contribution in [2.45, 2.75) is 29.1 Å². The van der Waals surface area contributed by atoms with Crippen LogP contribution in [0.4, 0.5) is 18.9 Å². The number of benzene rings is 1. The van der Waals surface area contributed by atoms with Crippen molar-refractivity contribution in [2.75, 3.05) is 0 Å². The monoisotopic (exact) mass is 375 g/mol. The molecule has 0 aliphatic rings. The fourth-order valence-electron chi connectivity index (χ4n) is 1.91. The van der Waals surface area contributed by atoms with Gasteiger partial charge >= 0.3 is 6.18 Å². The van der Waals surface area contributed by atoms with Crippen LogP contribution in [0.15, 0.2) is 28.3 Å². The highest BCUT2D eigenvalue weighted by atomic mass is 32.2. The van der Waals surface area contributed by atoms with E-state index in [4.69, 9.17) is 5.73 Å². The molecule has 0 saturated heterocycles. The molecular weight excluding hydrogens is 363 g/mol. The van der Waals surface area contributed by atoms with E-state index in [9.17, 15) is 28.1 Å². The van der Waals surface area contributed by atoms with Gasteiger partial charge in [-0.25, -0.2) is 0 Å². The summed E-state index contributed by atoms with van der Waals surface area (Å²) in [6.45, 7) is 0. The number of aromatic nitrogens is 3. The summed E-state index contributed by atoms with van der Waals surface area (Å²) in [5.74, 6) is -0.0913. The molecule has 0 aliphatic heterocycles. The molecule has 1 heterocycles. The molecule has 2 aromatic rings. The first kappa shape index (κ1) is 18.7. The number of carbonyl (C=O) groups is 1. The van der Waals surface area contributed by atoms with Gasteiger partial charge in [-0.1, -0.05) is 0 Å². The van der Waals surface area contributed by atoms with Gasteiger partial charge in [0.1, 0.15) is 5.82 Å². The van der Waals surface area contributed by atoms with Gasteiger partial charge in [-0.3, -0.25) is 14.9 Å². The average Bonchev–Trinajstić information content (AvgIpc) is 2.85. The molecule has 0 saturated carbocycles. The van der Waals surface area contributed by atoms with E-state index in [0.29, 0.717) is 11.9 Å². The maximum absolute atomic E-state index is 12.7. The van der Waals surface area contributed by atoms with Crippen LogP contribution >= 0.6 is 11.8 Å². The molecule has 0 radical (unpaired) electrons. The number of nitro groups is 1. The molecule has 2 N–H and O–H groups in total. The Hall–Kier alpha value is -2.63. The number of carbonyl (C=O) groups excluding carboxylic acids is 1. The van der Waals surface area contributed by atoms with Crippen LogP contribution in [0.2, 0.25) is 0 Å². The van der Waals surface area contributed by atoms with E-state index in [0.717, 1.165) is 23.9 Å². The maximum atomic E-state index is 12.7. The summed E-state index contributed by atoms with van der Waals surface area (Å²) in [7, 11) is 1.58. The lowest BCUT2D eigenvalue weighted by molar-refractivity contribution is -0.388. The third-order valence-corrected chi connectivity index (χ3v) is 4.31. The Morgan fingerprint density at radius 3 is 2.64 bits per heavy atom. The minimum Gasteiger partial charge on any atom is -0.370 e. The van der Waals surface area contributed by atoms with Crippen LogP contribution in [0.3, 0.4) is 0 Å². The van der Waals surface area contributed by atoms with Gasteiger partial charge in [-0.2, -0.15) is 13.2 Å². The summed E-state index contributed by atoms with van der Waals surface area (Å²) in [6, 6.07) is 2.26. The second-order valence-electron chi connectivity index (χ2n) is 4.96. The van der Waals surface area contributed by atoms with Gasteiger partial charge in [0, 0.05) is 26.0 Å². The minimum absolute atomic E-state index is 0.00467. The molecule has 134 valence electrons. The third-order valence-electron chi connectivity index (χ3n) is 3.20. The predicted octanol–water partition coefficient (Wildman–Crippen LogP) is 2.31. The first-order valence-electron chi connectivity index (χ1n) is 6.79. The molecule has 0 fully saturated rings. The second kappa shape index (κ2) is 7.09. The van der Waals surface area contributed by atoms with Gasteiger partial charge in [0.25, 0.3) is 5.69 Å². The molecule has 0 bridgehead atoms. The van der Waals surface area contributed by atoms with Crippen LogP contribution in [0.1, 0.15) is 17.8 Å². The number of hydrogen-bond acceptors (Lipinski definition) is 6. The van der Waals surface area contributed by atoms with Gasteiger partial charge < -0.3 is 10.3 Å². The number of nitrogens with zero attached hydrogens (tertiary/aromatic N) is 4. The Balaban J connectivity index is 2.31. The molecule has 12 heteroatoms. The maximum Gasteiger partial charge on any atom is 0.416 e. The van der Waals surface area contributed by atoms with E-state index in [2.05, 4.69) is 10.2 Å². The quantitative estimate of drug-likeness (QED) is 0.612. The summed E-state index contributed by atoms with van der Waals surface area (Å²) in [5.41, 5.74) is 3.27. The van der Waals surface area contributed by atoms with Gasteiger partial charge in [0.15, 0.2) is 5.16 Å². The number of primary amides is 1. The highest BCUT2D eigenvalue weighted by Crippen LogP contribution is 2.38. The number of amides is 1. The van der Waals surface area contributed by atoms with Crippen molar-refractivity contribution >= 4 is 23.4 Å². The second-order valence-corrected chi connectivity index (χ2v) is 5.97. The summed E-state index contributed by atoms with van der Waals surface area (Å²) in [5, 5.41) is 19.0. The standard InChI is InChI=1S/C13H12F3N5O3S/c1-20-11(5-4-10(17)22)18-19-12(20)25-9-3-2-7(13(14,15)16)6-8(9)21(23)24/h2-3,6H,4-5H2,1H3,(H2,17,22). The summed E-state index contributed by atoms with van der Waals surface area (Å²) in [6.07, 6.45) is -4.40. The Bertz CT molecular complexity index is 822. The molecule has 0 aliphatic carbocycles. The number of nitrogens with two attached hydrogens (primary N) is 1. The Morgan fingerprint density at radius 2 is 2.08 bits per heavy atom. The zero-order valence-corrected chi connectivity index (χ0v) is 13.6. The normalized spacial score (nSPS) is 11.5. The van der Waals surface area contributed by atoms with Crippen LogP contribution in [0, 0.1) is 10.1 Å². The fourth-order valence-corrected chi connectivity index (χ4v) is 2.80. The van der Waals surface area contributed by atoms with Crippen molar-refractivity contribution in [3.05, 3.63) is 39.7 Å². The van der Waals surface area contributed by atoms with Crippen LogP contribution in [0.25, 0.3) is 0 Å². The third kappa shape index (κ3) is 4.47. The molecule has 1 aromatic heterocycles. The summed E-state index contributed by atoms with van der Waals surface area (Å²) < 4.78 is 39.6. The molecule has 0 unspecified atom stereocenters. The van der Waals surface area contributed by atoms with Crippen LogP contribution in [0.5, 0.6) is 0 Å². The van der Waals surface area contributed by atoms with Crippen molar-refractivity contribution < 1.29 is 22.9 Å². The van der Waals surface area contributed by atoms with Gasteiger partial charge in [0.05, 0.1) is 15.4 Å². The van der Waals surface area contributed by atoms with Gasteiger partial charge in [-0.05, 0) is 23.9 Å². The van der Waals surface area contributed by atoms with Crippen LogP contribution < -0.4 is 5.73 Å². The number of aryl methyl sites for hydroxylation is 1. The molecule has 2 rings (SSSR count). The van der Waals surface area contributed by atoms with Crippen molar-refractivity contribution in [3.63, 3.8) is 0 Å². The summed E-state index contributed by atoms with van der Waals surface area (Å²) >= 11 is 0.808. The van der Waals surface area contributed by atoms with Crippen molar-refractivity contribution in [1.82, 2.24) is 14.8 Å². The fraction of sp³-hybridized carbons (Fsp3) is 0.308. The average molecular weight is 375 g/mol. The number of nitro benzene ring substituents is 1. The Kier molecular flexibility index (Phi) is 5.30. The lowest BCUT2D eigenvalue weighted by Gasteiger charge is -2.08. The number of hydrogen-bond donors (Lipinski definition) is 1. The largest absolute Gasteiger partial charge is 0.416 e. The highest BCUT2D eigenvalue weighted by Gasteiger charge is 2.33. The topological polar surface area (TPSA) is 117 Å². The molecule has 1 amide bonds. The zero-order valence-electron chi connectivity index (χ0n) is 12.8. The lowest BCUT2D eigenvalue weighted by atomic mass is 10.2. The first-order chi connectivity index (χ1) is 11.6. The van der Waals surface area contributed by atoms with E-state index in [1.165, 1.54) is 4.57 Å². The minimum atomic E-state index is -4.68. The van der Waals surface area contributed by atoms with E-state index >= 15 is 0 Å². The lowest BCUT2D eigenvalue weighted by Crippen LogP contribution is -2.12. The molecule has 1 aromatic carbocycles. The Labute approximate surface area is 143 Å². The first-order valence-corrected chi connectivity index (χ1v) is 7.61. The van der Waals surface area contributed by atoms with Crippen molar-refractivity contribution in [3.8, 4) is 0 Å². The zero-order chi connectivity index (χ0) is 18.8. The van der Waals surface area contributed by atoms with Crippen LogP contribution in [-0.2, 0) is 24.4 Å². The molecule has 25 heavy (non-hydrogen) atoms. The van der Waals surface area contributed by atoms with E-state index in [1.807, 2.05) is 0 Å². The number of rotatable bonds is 6. The van der Waals surface area contributed by atoms with Crippen LogP contribution in [-0.4, -0.2) is 25.6 Å².